The van der Waals surface area contributed by atoms with E-state index in [2.05, 4.69) is 15.4 Å². The van der Waals surface area contributed by atoms with Crippen LogP contribution in [0.25, 0.3) is 0 Å². The number of amidine groups is 1. The Kier molecular flexibility index (Phi) is 5.46. The minimum absolute atomic E-state index is 0.263. The molecule has 0 aliphatic carbocycles. The zero-order chi connectivity index (χ0) is 13.6. The number of aryl methyl sites for hydroxylation is 1. The molecule has 102 valence electrons. The number of hydrogen-bond donors (Lipinski definition) is 2. The van der Waals surface area contributed by atoms with Gasteiger partial charge in [-0.05, 0) is 12.8 Å². The standard InChI is InChI=1S/C11H20N4O2S/c1-8-13-14-10(17-8)18-7-5-4-6-11(2,3)9(12)15-16/h16H,4-7H2,1-3H3,(H2,12,15). The summed E-state index contributed by atoms with van der Waals surface area (Å²) < 4.78 is 5.26. The maximum Gasteiger partial charge on any atom is 0.276 e. The molecule has 6 nitrogen and oxygen atoms in total. The summed E-state index contributed by atoms with van der Waals surface area (Å²) in [6.45, 7) is 5.71. The molecular weight excluding hydrogens is 252 g/mol. The molecular formula is C11H20N4O2S. The molecule has 1 aromatic heterocycles. The fourth-order valence-electron chi connectivity index (χ4n) is 1.43. The van der Waals surface area contributed by atoms with Crippen LogP contribution < -0.4 is 5.73 Å². The Bertz CT molecular complexity index is 404. The third kappa shape index (κ3) is 4.56. The van der Waals surface area contributed by atoms with Gasteiger partial charge in [-0.1, -0.05) is 37.2 Å². The Balaban J connectivity index is 2.19. The Morgan fingerprint density at radius 3 is 2.72 bits per heavy atom. The van der Waals surface area contributed by atoms with Gasteiger partial charge in [0.15, 0.2) is 0 Å². The highest BCUT2D eigenvalue weighted by Crippen LogP contribution is 2.25. The lowest BCUT2D eigenvalue weighted by atomic mass is 9.86. The molecule has 0 amide bonds. The highest BCUT2D eigenvalue weighted by Gasteiger charge is 2.22. The van der Waals surface area contributed by atoms with E-state index in [-0.39, 0.29) is 11.3 Å². The molecule has 1 aromatic rings. The molecule has 0 fully saturated rings. The van der Waals surface area contributed by atoms with Crippen LogP contribution in [0.1, 0.15) is 39.0 Å². The number of thioether (sulfide) groups is 1. The Morgan fingerprint density at radius 1 is 1.44 bits per heavy atom. The predicted molar refractivity (Wildman–Crippen MR) is 70.8 cm³/mol. The second-order valence-electron chi connectivity index (χ2n) is 4.76. The van der Waals surface area contributed by atoms with Crippen LogP contribution in [-0.4, -0.2) is 27.0 Å². The third-order valence-corrected chi connectivity index (χ3v) is 3.64. The summed E-state index contributed by atoms with van der Waals surface area (Å²) in [6.07, 6.45) is 2.91. The second-order valence-corrected chi connectivity index (χ2v) is 5.81. The van der Waals surface area contributed by atoms with Crippen LogP contribution in [0.4, 0.5) is 0 Å². The molecule has 0 aromatic carbocycles. The first kappa shape index (κ1) is 14.8. The number of nitrogens with two attached hydrogens (primary N) is 1. The minimum Gasteiger partial charge on any atom is -0.416 e. The van der Waals surface area contributed by atoms with Gasteiger partial charge < -0.3 is 15.4 Å². The number of hydrogen-bond acceptors (Lipinski definition) is 6. The smallest absolute Gasteiger partial charge is 0.276 e. The third-order valence-electron chi connectivity index (χ3n) is 2.73. The van der Waals surface area contributed by atoms with Gasteiger partial charge >= 0.3 is 0 Å². The SMILES string of the molecule is Cc1nnc(SCCCCC(C)(C)C(N)=NO)o1. The summed E-state index contributed by atoms with van der Waals surface area (Å²) in [5.74, 6) is 1.79. The Labute approximate surface area is 111 Å². The van der Waals surface area contributed by atoms with E-state index in [1.807, 2.05) is 13.8 Å². The van der Waals surface area contributed by atoms with E-state index >= 15 is 0 Å². The zero-order valence-corrected chi connectivity index (χ0v) is 11.8. The van der Waals surface area contributed by atoms with Crippen LogP contribution in [-0.2, 0) is 0 Å². The van der Waals surface area contributed by atoms with Crippen LogP contribution in [0.3, 0.4) is 0 Å². The Morgan fingerprint density at radius 2 is 2.17 bits per heavy atom. The van der Waals surface area contributed by atoms with Crippen molar-refractivity contribution in [3.05, 3.63) is 5.89 Å². The van der Waals surface area contributed by atoms with E-state index in [9.17, 15) is 0 Å². The van der Waals surface area contributed by atoms with Crippen LogP contribution >= 0.6 is 11.8 Å². The molecule has 1 rings (SSSR count). The summed E-state index contributed by atoms with van der Waals surface area (Å²) in [5, 5.41) is 20.0. The molecule has 0 bridgehead atoms. The van der Waals surface area contributed by atoms with Crippen molar-refractivity contribution in [2.45, 2.75) is 45.3 Å². The van der Waals surface area contributed by atoms with Gasteiger partial charge in [0.25, 0.3) is 5.22 Å². The van der Waals surface area contributed by atoms with Crippen molar-refractivity contribution in [2.24, 2.45) is 16.3 Å². The first-order valence-corrected chi connectivity index (χ1v) is 6.85. The van der Waals surface area contributed by atoms with Crippen molar-refractivity contribution in [3.63, 3.8) is 0 Å². The quantitative estimate of drug-likeness (QED) is 0.197. The fraction of sp³-hybridized carbons (Fsp3) is 0.727. The topological polar surface area (TPSA) is 97.5 Å². The van der Waals surface area contributed by atoms with Crippen molar-refractivity contribution in [3.8, 4) is 0 Å². The van der Waals surface area contributed by atoms with Crippen LogP contribution in [0.2, 0.25) is 0 Å². The lowest BCUT2D eigenvalue weighted by Crippen LogP contribution is -2.31. The normalized spacial score (nSPS) is 12.9. The number of unbranched alkanes of at least 4 members (excludes halogenated alkanes) is 1. The maximum atomic E-state index is 8.66. The molecule has 7 heteroatoms. The number of oxime groups is 1. The molecule has 0 saturated carbocycles. The van der Waals surface area contributed by atoms with Gasteiger partial charge in [-0.25, -0.2) is 0 Å². The van der Waals surface area contributed by atoms with Crippen molar-refractivity contribution in [2.75, 3.05) is 5.75 Å². The van der Waals surface area contributed by atoms with E-state index in [1.54, 1.807) is 18.7 Å². The summed E-state index contributed by atoms with van der Waals surface area (Å²) in [6, 6.07) is 0. The predicted octanol–water partition coefficient (Wildman–Crippen LogP) is 2.41. The van der Waals surface area contributed by atoms with Crippen LogP contribution in [0.15, 0.2) is 14.8 Å². The monoisotopic (exact) mass is 272 g/mol. The lowest BCUT2D eigenvalue weighted by Gasteiger charge is -2.22. The molecule has 1 heterocycles. The van der Waals surface area contributed by atoms with E-state index < -0.39 is 0 Å². The van der Waals surface area contributed by atoms with Gasteiger partial charge in [0.1, 0.15) is 5.84 Å². The van der Waals surface area contributed by atoms with Gasteiger partial charge in [-0.15, -0.1) is 10.2 Å². The van der Waals surface area contributed by atoms with Crippen LogP contribution in [0.5, 0.6) is 0 Å². The van der Waals surface area contributed by atoms with E-state index in [0.29, 0.717) is 11.1 Å². The maximum absolute atomic E-state index is 8.66. The van der Waals surface area contributed by atoms with Crippen molar-refractivity contribution in [1.82, 2.24) is 10.2 Å². The largest absolute Gasteiger partial charge is 0.416 e. The van der Waals surface area contributed by atoms with Gasteiger partial charge in [-0.3, -0.25) is 0 Å². The highest BCUT2D eigenvalue weighted by molar-refractivity contribution is 7.99. The molecule has 0 saturated heterocycles. The molecule has 0 spiro atoms. The van der Waals surface area contributed by atoms with Gasteiger partial charge in [0.05, 0.1) is 0 Å². The van der Waals surface area contributed by atoms with Crippen LogP contribution in [0, 0.1) is 12.3 Å². The zero-order valence-electron chi connectivity index (χ0n) is 11.0. The van der Waals surface area contributed by atoms with Crippen molar-refractivity contribution in [1.29, 1.82) is 0 Å². The molecule has 0 atom stereocenters. The molecule has 3 N–H and O–H groups in total. The number of aromatic nitrogens is 2. The first-order chi connectivity index (χ1) is 8.45. The first-order valence-electron chi connectivity index (χ1n) is 5.86. The average Bonchev–Trinajstić information content (AvgIpc) is 2.73. The molecule has 18 heavy (non-hydrogen) atoms. The molecule has 0 radical (unpaired) electrons. The summed E-state index contributed by atoms with van der Waals surface area (Å²) >= 11 is 1.55. The van der Waals surface area contributed by atoms with Gasteiger partial charge in [-0.2, -0.15) is 0 Å². The van der Waals surface area contributed by atoms with Gasteiger partial charge in [0.2, 0.25) is 5.89 Å². The molecule has 0 aliphatic rings. The molecule has 0 aliphatic heterocycles. The summed E-state index contributed by atoms with van der Waals surface area (Å²) in [4.78, 5) is 0. The lowest BCUT2D eigenvalue weighted by molar-refractivity contribution is 0.304. The minimum atomic E-state index is -0.263. The van der Waals surface area contributed by atoms with E-state index in [1.165, 1.54) is 0 Å². The average molecular weight is 272 g/mol. The van der Waals surface area contributed by atoms with Crippen molar-refractivity contribution >= 4 is 17.6 Å². The Hall–Kier alpha value is -1.24. The summed E-state index contributed by atoms with van der Waals surface area (Å²) in [7, 11) is 0. The highest BCUT2D eigenvalue weighted by atomic mass is 32.2. The van der Waals surface area contributed by atoms with Crippen molar-refractivity contribution < 1.29 is 9.62 Å². The van der Waals surface area contributed by atoms with E-state index in [0.717, 1.165) is 25.0 Å². The van der Waals surface area contributed by atoms with Gasteiger partial charge in [0, 0.05) is 18.1 Å². The van der Waals surface area contributed by atoms with E-state index in [4.69, 9.17) is 15.4 Å². The number of nitrogens with zero attached hydrogens (tertiary/aromatic N) is 3. The summed E-state index contributed by atoms with van der Waals surface area (Å²) in [5.41, 5.74) is 5.36. The fourth-order valence-corrected chi connectivity index (χ4v) is 2.23. The molecule has 0 unspecified atom stereocenters. The number of rotatable bonds is 7. The second kappa shape index (κ2) is 6.63.